The van der Waals surface area contributed by atoms with Crippen LogP contribution in [0.15, 0.2) is 23.0 Å². The predicted octanol–water partition coefficient (Wildman–Crippen LogP) is 2.92. The van der Waals surface area contributed by atoms with Crippen molar-refractivity contribution < 1.29 is 4.79 Å². The summed E-state index contributed by atoms with van der Waals surface area (Å²) >= 11 is 2.01. The Morgan fingerprint density at radius 2 is 1.97 bits per heavy atom. The van der Waals surface area contributed by atoms with Crippen LogP contribution < -0.4 is 10.9 Å². The van der Waals surface area contributed by atoms with Crippen LogP contribution in [-0.2, 0) is 24.8 Å². The zero-order valence-corrected chi connectivity index (χ0v) is 19.4. The maximum Gasteiger partial charge on any atom is 0.273 e. The molecular formula is C23H29N5O2S. The topological polar surface area (TPSA) is 83.0 Å². The molecule has 4 rings (SSSR count). The summed E-state index contributed by atoms with van der Waals surface area (Å²) in [5, 5.41) is 6.32. The summed E-state index contributed by atoms with van der Waals surface area (Å²) < 4.78 is 1.62. The van der Waals surface area contributed by atoms with Gasteiger partial charge in [0.2, 0.25) is 5.91 Å². The van der Waals surface area contributed by atoms with Gasteiger partial charge < -0.3 is 5.32 Å². The third-order valence-electron chi connectivity index (χ3n) is 5.99. The molecular weight excluding hydrogens is 410 g/mol. The number of rotatable bonds is 5. The van der Waals surface area contributed by atoms with Gasteiger partial charge >= 0.3 is 0 Å². The first-order valence-corrected chi connectivity index (χ1v) is 11.7. The molecule has 0 saturated carbocycles. The summed E-state index contributed by atoms with van der Waals surface area (Å²) in [5.74, 6) is 2.28. The fourth-order valence-electron chi connectivity index (χ4n) is 4.25. The fourth-order valence-corrected chi connectivity index (χ4v) is 5.22. The van der Waals surface area contributed by atoms with Crippen molar-refractivity contribution in [1.82, 2.24) is 19.7 Å². The number of hydrogen-bond donors (Lipinski definition) is 2. The van der Waals surface area contributed by atoms with Crippen LogP contribution in [0.1, 0.15) is 27.9 Å². The summed E-state index contributed by atoms with van der Waals surface area (Å²) in [4.78, 5) is 32.1. The van der Waals surface area contributed by atoms with E-state index in [9.17, 15) is 9.59 Å². The van der Waals surface area contributed by atoms with Gasteiger partial charge in [0.05, 0.1) is 11.8 Å². The van der Waals surface area contributed by atoms with Crippen molar-refractivity contribution in [3.63, 3.8) is 0 Å². The molecule has 0 atom stereocenters. The molecule has 1 aliphatic heterocycles. The number of carbonyl (C=O) groups excluding carboxylic acids is 1. The van der Waals surface area contributed by atoms with Crippen LogP contribution in [-0.4, -0.2) is 50.2 Å². The van der Waals surface area contributed by atoms with Crippen LogP contribution in [0.2, 0.25) is 0 Å². The summed E-state index contributed by atoms with van der Waals surface area (Å²) in [7, 11) is 1.76. The second kappa shape index (κ2) is 8.88. The van der Waals surface area contributed by atoms with Gasteiger partial charge in [-0.1, -0.05) is 12.1 Å². The van der Waals surface area contributed by atoms with Crippen molar-refractivity contribution in [1.29, 1.82) is 0 Å². The average Bonchev–Trinajstić information content (AvgIpc) is 3.01. The van der Waals surface area contributed by atoms with Crippen LogP contribution in [0.4, 0.5) is 5.69 Å². The van der Waals surface area contributed by atoms with E-state index >= 15 is 0 Å². The van der Waals surface area contributed by atoms with Gasteiger partial charge in [-0.25, -0.2) is 4.98 Å². The molecule has 0 bridgehead atoms. The molecule has 7 nitrogen and oxygen atoms in total. The van der Waals surface area contributed by atoms with Gasteiger partial charge in [0.25, 0.3) is 5.56 Å². The number of pyridine rings is 1. The number of fused-ring (bicyclic) bond motifs is 1. The molecule has 0 radical (unpaired) electrons. The highest BCUT2D eigenvalue weighted by atomic mass is 32.2. The van der Waals surface area contributed by atoms with Crippen molar-refractivity contribution >= 4 is 34.4 Å². The molecule has 3 aromatic rings. The zero-order valence-electron chi connectivity index (χ0n) is 18.5. The van der Waals surface area contributed by atoms with E-state index in [4.69, 9.17) is 0 Å². The molecule has 0 aliphatic carbocycles. The second-order valence-electron chi connectivity index (χ2n) is 8.26. The lowest BCUT2D eigenvalue weighted by Crippen LogP contribution is -2.31. The van der Waals surface area contributed by atoms with Gasteiger partial charge in [-0.3, -0.25) is 24.3 Å². The standard InChI is InChI=1S/C23H29N5O2S/c1-14-11-17(13-28-7-9-31-10-8-28)5-6-19(14)25-20(29)12-18-15(2)21-22(24-16(18)3)27(4)26-23(21)30/h5-6,11H,7-10,12-13H2,1-4H3,(H,25,29)(H,26,30). The van der Waals surface area contributed by atoms with Gasteiger partial charge in [0.1, 0.15) is 0 Å². The molecule has 1 fully saturated rings. The molecule has 31 heavy (non-hydrogen) atoms. The quantitative estimate of drug-likeness (QED) is 0.639. The number of carbonyl (C=O) groups is 1. The molecule has 0 unspecified atom stereocenters. The lowest BCUT2D eigenvalue weighted by atomic mass is 10.0. The number of nitrogens with one attached hydrogen (secondary N) is 2. The van der Waals surface area contributed by atoms with E-state index in [0.29, 0.717) is 11.0 Å². The van der Waals surface area contributed by atoms with Crippen molar-refractivity contribution in [2.45, 2.75) is 33.7 Å². The third-order valence-corrected chi connectivity index (χ3v) is 6.93. The second-order valence-corrected chi connectivity index (χ2v) is 9.49. The Hall–Kier alpha value is -2.58. The number of H-pyrrole nitrogens is 1. The van der Waals surface area contributed by atoms with E-state index in [1.165, 1.54) is 17.1 Å². The molecule has 1 amide bonds. The molecule has 1 aromatic carbocycles. The Morgan fingerprint density at radius 3 is 2.68 bits per heavy atom. The number of nitrogens with zero attached hydrogens (tertiary/aromatic N) is 3. The van der Waals surface area contributed by atoms with Crippen molar-refractivity contribution in [2.75, 3.05) is 29.9 Å². The van der Waals surface area contributed by atoms with Crippen LogP contribution >= 0.6 is 11.8 Å². The van der Waals surface area contributed by atoms with Gasteiger partial charge in [0, 0.05) is 49.6 Å². The van der Waals surface area contributed by atoms with Crippen molar-refractivity contribution in [3.05, 3.63) is 56.5 Å². The molecule has 1 aliphatic rings. The summed E-state index contributed by atoms with van der Waals surface area (Å²) in [6.07, 6.45) is 0.182. The van der Waals surface area contributed by atoms with Gasteiger partial charge in [-0.05, 0) is 49.1 Å². The smallest absolute Gasteiger partial charge is 0.273 e. The Kier molecular flexibility index (Phi) is 6.20. The van der Waals surface area contributed by atoms with E-state index < -0.39 is 0 Å². The minimum Gasteiger partial charge on any atom is -0.326 e. The number of anilines is 1. The molecule has 3 heterocycles. The van der Waals surface area contributed by atoms with Crippen LogP contribution in [0.3, 0.4) is 0 Å². The highest BCUT2D eigenvalue weighted by molar-refractivity contribution is 7.99. The van der Waals surface area contributed by atoms with Gasteiger partial charge in [-0.15, -0.1) is 0 Å². The largest absolute Gasteiger partial charge is 0.326 e. The lowest BCUT2D eigenvalue weighted by molar-refractivity contribution is -0.115. The lowest BCUT2D eigenvalue weighted by Gasteiger charge is -2.26. The van der Waals surface area contributed by atoms with E-state index in [1.54, 1.807) is 11.7 Å². The van der Waals surface area contributed by atoms with Gasteiger partial charge in [0.15, 0.2) is 5.65 Å². The first-order valence-electron chi connectivity index (χ1n) is 10.6. The SMILES string of the molecule is Cc1cc(CN2CCSCC2)ccc1NC(=O)Cc1c(C)nc2c(c1C)c(=O)[nH]n2C. The maximum absolute atomic E-state index is 12.8. The van der Waals surface area contributed by atoms with E-state index in [0.717, 1.165) is 47.7 Å². The number of aromatic nitrogens is 3. The molecule has 164 valence electrons. The van der Waals surface area contributed by atoms with Crippen molar-refractivity contribution in [2.24, 2.45) is 7.05 Å². The average molecular weight is 440 g/mol. The number of amides is 1. The molecule has 2 N–H and O–H groups in total. The van der Waals surface area contributed by atoms with Crippen LogP contribution in [0, 0.1) is 20.8 Å². The van der Waals surface area contributed by atoms with Crippen molar-refractivity contribution in [3.8, 4) is 0 Å². The molecule has 2 aromatic heterocycles. The van der Waals surface area contributed by atoms with E-state index in [2.05, 4.69) is 32.4 Å². The number of thioether (sulfide) groups is 1. The highest BCUT2D eigenvalue weighted by Crippen LogP contribution is 2.22. The first-order chi connectivity index (χ1) is 14.8. The minimum atomic E-state index is -0.178. The van der Waals surface area contributed by atoms with E-state index in [-0.39, 0.29) is 17.9 Å². The first kappa shape index (κ1) is 21.6. The molecule has 8 heteroatoms. The Balaban J connectivity index is 1.49. The number of aromatic amines is 1. The maximum atomic E-state index is 12.8. The number of hydrogen-bond acceptors (Lipinski definition) is 5. The van der Waals surface area contributed by atoms with Crippen LogP contribution in [0.5, 0.6) is 0 Å². The molecule has 0 spiro atoms. The summed E-state index contributed by atoms with van der Waals surface area (Å²) in [6.45, 7) is 9.00. The highest BCUT2D eigenvalue weighted by Gasteiger charge is 2.18. The Labute approximate surface area is 186 Å². The zero-order chi connectivity index (χ0) is 22.1. The number of benzene rings is 1. The monoisotopic (exact) mass is 439 g/mol. The normalized spacial score (nSPS) is 14.8. The van der Waals surface area contributed by atoms with Crippen LogP contribution in [0.25, 0.3) is 11.0 Å². The van der Waals surface area contributed by atoms with E-state index in [1.807, 2.05) is 38.6 Å². The third kappa shape index (κ3) is 4.55. The predicted molar refractivity (Wildman–Crippen MR) is 127 cm³/mol. The van der Waals surface area contributed by atoms with Gasteiger partial charge in [-0.2, -0.15) is 11.8 Å². The Bertz CT molecular complexity index is 1190. The summed E-state index contributed by atoms with van der Waals surface area (Å²) in [6, 6.07) is 6.24. The fraction of sp³-hybridized carbons (Fsp3) is 0.435. The number of aryl methyl sites for hydroxylation is 4. The summed E-state index contributed by atoms with van der Waals surface area (Å²) in [5.41, 5.74) is 5.97. The minimum absolute atomic E-state index is 0.108. The Morgan fingerprint density at radius 1 is 1.23 bits per heavy atom. The molecule has 1 saturated heterocycles.